The van der Waals surface area contributed by atoms with Crippen molar-refractivity contribution in [2.75, 3.05) is 19.0 Å². The van der Waals surface area contributed by atoms with Gasteiger partial charge in [0.15, 0.2) is 6.10 Å². The number of halogens is 1. The van der Waals surface area contributed by atoms with Crippen molar-refractivity contribution in [3.05, 3.63) is 59.1 Å². The summed E-state index contributed by atoms with van der Waals surface area (Å²) in [6, 6.07) is 13.1. The largest absolute Gasteiger partial charge is 0.497 e. The molecule has 0 saturated carbocycles. The molecule has 2 aromatic rings. The molecule has 2 rings (SSSR count). The molecule has 0 saturated heterocycles. The SMILES string of the molecule is COc1ccc(NC(=O)[C@H](C)OC(=O)CCNC(=O)c2ccc(Cl)cc2)cc1. The van der Waals surface area contributed by atoms with Crippen LogP contribution in [0.25, 0.3) is 0 Å². The number of carbonyl (C=O) groups is 3. The maximum atomic E-state index is 12.1. The number of methoxy groups -OCH3 is 1. The van der Waals surface area contributed by atoms with E-state index in [1.807, 2.05) is 0 Å². The van der Waals surface area contributed by atoms with E-state index in [0.717, 1.165) is 0 Å². The van der Waals surface area contributed by atoms with Crippen LogP contribution in [0.4, 0.5) is 5.69 Å². The summed E-state index contributed by atoms with van der Waals surface area (Å²) in [5.41, 5.74) is 0.994. The van der Waals surface area contributed by atoms with Crippen LogP contribution >= 0.6 is 11.6 Å². The predicted octanol–water partition coefficient (Wildman–Crippen LogP) is 3.04. The minimum Gasteiger partial charge on any atom is -0.497 e. The zero-order valence-electron chi connectivity index (χ0n) is 15.5. The van der Waals surface area contributed by atoms with E-state index >= 15 is 0 Å². The second-order valence-corrected chi connectivity index (χ2v) is 6.30. The third-order valence-corrected chi connectivity index (χ3v) is 4.01. The Labute approximate surface area is 168 Å². The standard InChI is InChI=1S/C20H21ClN2O5/c1-13(19(25)23-16-7-9-17(27-2)10-8-16)28-18(24)11-12-22-20(26)14-3-5-15(21)6-4-14/h3-10,13H,11-12H2,1-2H3,(H,22,26)(H,23,25)/t13-/m0/s1. The molecule has 2 amide bonds. The molecule has 28 heavy (non-hydrogen) atoms. The molecule has 0 bridgehead atoms. The molecule has 0 aliphatic rings. The van der Waals surface area contributed by atoms with E-state index in [-0.39, 0.29) is 18.9 Å². The third-order valence-electron chi connectivity index (χ3n) is 3.76. The number of carbonyl (C=O) groups excluding carboxylic acids is 3. The summed E-state index contributed by atoms with van der Waals surface area (Å²) in [6.45, 7) is 1.57. The number of esters is 1. The second-order valence-electron chi connectivity index (χ2n) is 5.86. The first-order valence-corrected chi connectivity index (χ1v) is 8.95. The minimum absolute atomic E-state index is 0.0561. The number of hydrogen-bond donors (Lipinski definition) is 2. The van der Waals surface area contributed by atoms with Crippen molar-refractivity contribution in [1.29, 1.82) is 0 Å². The van der Waals surface area contributed by atoms with Crippen LogP contribution in [0.1, 0.15) is 23.7 Å². The molecular formula is C20H21ClN2O5. The van der Waals surface area contributed by atoms with Crippen molar-refractivity contribution in [2.45, 2.75) is 19.4 Å². The van der Waals surface area contributed by atoms with Crippen molar-refractivity contribution in [1.82, 2.24) is 5.32 Å². The molecule has 8 heteroatoms. The van der Waals surface area contributed by atoms with Gasteiger partial charge in [-0.1, -0.05) is 11.6 Å². The Hall–Kier alpha value is -3.06. The lowest BCUT2D eigenvalue weighted by molar-refractivity contribution is -0.153. The van der Waals surface area contributed by atoms with Gasteiger partial charge >= 0.3 is 5.97 Å². The summed E-state index contributed by atoms with van der Waals surface area (Å²) in [6.07, 6.45) is -1.03. The molecule has 0 unspecified atom stereocenters. The number of nitrogens with one attached hydrogen (secondary N) is 2. The number of amides is 2. The fourth-order valence-corrected chi connectivity index (χ4v) is 2.34. The van der Waals surface area contributed by atoms with E-state index in [0.29, 0.717) is 22.0 Å². The zero-order chi connectivity index (χ0) is 20.5. The fraction of sp³-hybridized carbons (Fsp3) is 0.250. The molecule has 0 aliphatic carbocycles. The highest BCUT2D eigenvalue weighted by molar-refractivity contribution is 6.30. The summed E-state index contributed by atoms with van der Waals surface area (Å²) in [5, 5.41) is 5.78. The minimum atomic E-state index is -0.971. The topological polar surface area (TPSA) is 93.7 Å². The lowest BCUT2D eigenvalue weighted by atomic mass is 10.2. The quantitative estimate of drug-likeness (QED) is 0.659. The van der Waals surface area contributed by atoms with Crippen molar-refractivity contribution < 1.29 is 23.9 Å². The van der Waals surface area contributed by atoms with Gasteiger partial charge in [0.05, 0.1) is 13.5 Å². The smallest absolute Gasteiger partial charge is 0.308 e. The van der Waals surface area contributed by atoms with E-state index in [1.165, 1.54) is 6.92 Å². The Morgan fingerprint density at radius 1 is 1.04 bits per heavy atom. The van der Waals surface area contributed by atoms with Crippen LogP contribution < -0.4 is 15.4 Å². The molecule has 0 radical (unpaired) electrons. The highest BCUT2D eigenvalue weighted by atomic mass is 35.5. The molecule has 0 fully saturated rings. The number of benzene rings is 2. The summed E-state index contributed by atoms with van der Waals surface area (Å²) in [7, 11) is 1.55. The first-order valence-electron chi connectivity index (χ1n) is 8.57. The van der Waals surface area contributed by atoms with E-state index in [2.05, 4.69) is 10.6 Å². The van der Waals surface area contributed by atoms with Gasteiger partial charge in [0.25, 0.3) is 11.8 Å². The van der Waals surface area contributed by atoms with Gasteiger partial charge in [0, 0.05) is 22.8 Å². The molecule has 0 aromatic heterocycles. The number of hydrogen-bond acceptors (Lipinski definition) is 5. The van der Waals surface area contributed by atoms with Crippen molar-refractivity contribution in [3.63, 3.8) is 0 Å². The molecule has 1 atom stereocenters. The normalized spacial score (nSPS) is 11.2. The summed E-state index contributed by atoms with van der Waals surface area (Å²) < 4.78 is 10.1. The van der Waals surface area contributed by atoms with Gasteiger partial charge in [-0.25, -0.2) is 0 Å². The van der Waals surface area contributed by atoms with Crippen LogP contribution in [0, 0.1) is 0 Å². The lowest BCUT2D eigenvalue weighted by Crippen LogP contribution is -2.32. The van der Waals surface area contributed by atoms with Gasteiger partial charge in [-0.3, -0.25) is 14.4 Å². The van der Waals surface area contributed by atoms with Crippen LogP contribution in [-0.2, 0) is 14.3 Å². The van der Waals surface area contributed by atoms with Crippen LogP contribution in [0.3, 0.4) is 0 Å². The maximum Gasteiger partial charge on any atom is 0.308 e. The molecule has 0 heterocycles. The molecule has 7 nitrogen and oxygen atoms in total. The number of anilines is 1. The molecule has 0 aliphatic heterocycles. The monoisotopic (exact) mass is 404 g/mol. The Balaban J connectivity index is 1.72. The first-order chi connectivity index (χ1) is 13.4. The predicted molar refractivity (Wildman–Crippen MR) is 106 cm³/mol. The Morgan fingerprint density at radius 2 is 1.68 bits per heavy atom. The molecule has 2 aromatic carbocycles. The Bertz CT molecular complexity index is 821. The average molecular weight is 405 g/mol. The van der Waals surface area contributed by atoms with Gasteiger partial charge in [-0.2, -0.15) is 0 Å². The van der Waals surface area contributed by atoms with Crippen LogP contribution in [-0.4, -0.2) is 37.5 Å². The average Bonchev–Trinajstić information content (AvgIpc) is 2.68. The zero-order valence-corrected chi connectivity index (χ0v) is 16.3. The van der Waals surface area contributed by atoms with Crippen LogP contribution in [0.5, 0.6) is 5.75 Å². The summed E-state index contributed by atoms with van der Waals surface area (Å²) in [4.78, 5) is 35.9. The van der Waals surface area contributed by atoms with Crippen molar-refractivity contribution >= 4 is 35.1 Å². The van der Waals surface area contributed by atoms with Crippen LogP contribution in [0.15, 0.2) is 48.5 Å². The highest BCUT2D eigenvalue weighted by Gasteiger charge is 2.18. The highest BCUT2D eigenvalue weighted by Crippen LogP contribution is 2.15. The summed E-state index contributed by atoms with van der Waals surface area (Å²) >= 11 is 5.77. The molecule has 2 N–H and O–H groups in total. The van der Waals surface area contributed by atoms with E-state index in [1.54, 1.807) is 55.6 Å². The third kappa shape index (κ3) is 6.59. The van der Waals surface area contributed by atoms with E-state index < -0.39 is 18.0 Å². The van der Waals surface area contributed by atoms with Gasteiger partial charge < -0.3 is 20.1 Å². The van der Waals surface area contributed by atoms with Gasteiger partial charge in [-0.05, 0) is 55.5 Å². The van der Waals surface area contributed by atoms with Crippen molar-refractivity contribution in [2.24, 2.45) is 0 Å². The van der Waals surface area contributed by atoms with Gasteiger partial charge in [0.2, 0.25) is 0 Å². The first kappa shape index (κ1) is 21.2. The number of ether oxygens (including phenoxy) is 2. The fourth-order valence-electron chi connectivity index (χ4n) is 2.21. The van der Waals surface area contributed by atoms with Crippen LogP contribution in [0.2, 0.25) is 5.02 Å². The molecule has 0 spiro atoms. The van der Waals surface area contributed by atoms with Gasteiger partial charge in [0.1, 0.15) is 5.75 Å². The van der Waals surface area contributed by atoms with E-state index in [4.69, 9.17) is 21.1 Å². The van der Waals surface area contributed by atoms with E-state index in [9.17, 15) is 14.4 Å². The molecule has 148 valence electrons. The molecular weight excluding hydrogens is 384 g/mol. The maximum absolute atomic E-state index is 12.1. The second kappa shape index (κ2) is 10.3. The Morgan fingerprint density at radius 3 is 2.29 bits per heavy atom. The number of rotatable bonds is 8. The van der Waals surface area contributed by atoms with Crippen molar-refractivity contribution in [3.8, 4) is 5.75 Å². The van der Waals surface area contributed by atoms with Gasteiger partial charge in [-0.15, -0.1) is 0 Å². The lowest BCUT2D eigenvalue weighted by Gasteiger charge is -2.14. The summed E-state index contributed by atoms with van der Waals surface area (Å²) in [5.74, 6) is -0.703. The Kier molecular flexibility index (Phi) is 7.83.